The van der Waals surface area contributed by atoms with E-state index in [4.69, 9.17) is 5.73 Å². The van der Waals surface area contributed by atoms with E-state index in [0.29, 0.717) is 11.8 Å². The molecule has 254 valence electrons. The molecule has 0 saturated carbocycles. The first kappa shape index (κ1) is 39.2. The molecular weight excluding hydrogens is 600 g/mol. The molecule has 0 unspecified atom stereocenters. The minimum absolute atomic E-state index is 0.0436. The molecule has 16 nitrogen and oxygen atoms in total. The Balaban J connectivity index is 2.89. The summed E-state index contributed by atoms with van der Waals surface area (Å²) in [6, 6.07) is 4.08. The lowest BCUT2D eigenvalue weighted by molar-refractivity contribution is -0.133. The number of amides is 7. The van der Waals surface area contributed by atoms with Gasteiger partial charge in [-0.1, -0.05) is 44.2 Å². The van der Waals surface area contributed by atoms with Crippen molar-refractivity contribution in [1.29, 1.82) is 0 Å². The molecule has 1 rings (SSSR count). The van der Waals surface area contributed by atoms with Crippen LogP contribution in [0.3, 0.4) is 0 Å². The van der Waals surface area contributed by atoms with E-state index in [-0.39, 0.29) is 25.3 Å². The smallest absolute Gasteiger partial charge is 0.243 e. The molecule has 1 aromatic rings. The van der Waals surface area contributed by atoms with Crippen molar-refractivity contribution in [3.63, 3.8) is 0 Å². The topological polar surface area (TPSA) is 247 Å². The van der Waals surface area contributed by atoms with E-state index in [0.717, 1.165) is 0 Å². The zero-order chi connectivity index (χ0) is 34.8. The zero-order valence-electron chi connectivity index (χ0n) is 26.8. The number of carbonyl (C=O) groups excluding carboxylic acids is 8. The Labute approximate surface area is 268 Å². The largest absolute Gasteiger partial charge is 0.346 e. The van der Waals surface area contributed by atoms with Crippen LogP contribution in [0.1, 0.15) is 46.6 Å². The third-order valence-corrected chi connectivity index (χ3v) is 6.33. The highest BCUT2D eigenvalue weighted by Gasteiger charge is 2.28. The standard InChI is InChI=1S/C30H46N8O8/c1-17(2)11-22(37-26(42)14-32-24(40)13-33-27(43)19(4)31)30(46)38-23(12-21-9-7-6-8-10-21)29(45)34-15-25(41)36-20(5)28(44)35-18(3)16-39/h6-10,16-20,22-23H,11-15,31H2,1-5H3,(H,32,40)(H,33,43)(H,34,45)(H,35,44)(H,36,41)(H,37,42)(H,38,46)/t18-,19-,20-,22-,23-/m0/s1. The molecule has 0 aliphatic rings. The summed E-state index contributed by atoms with van der Waals surface area (Å²) in [5.74, 6) is -4.49. The molecule has 0 aromatic heterocycles. The van der Waals surface area contributed by atoms with Gasteiger partial charge in [-0.25, -0.2) is 0 Å². The summed E-state index contributed by atoms with van der Waals surface area (Å²) in [4.78, 5) is 98.0. The molecule has 0 heterocycles. The fraction of sp³-hybridized carbons (Fsp3) is 0.533. The van der Waals surface area contributed by atoms with Gasteiger partial charge in [0.1, 0.15) is 24.4 Å². The van der Waals surface area contributed by atoms with Crippen molar-refractivity contribution >= 4 is 47.6 Å². The maximum absolute atomic E-state index is 13.4. The van der Waals surface area contributed by atoms with Crippen molar-refractivity contribution in [1.82, 2.24) is 37.2 Å². The first-order chi connectivity index (χ1) is 21.6. The molecule has 5 atom stereocenters. The highest BCUT2D eigenvalue weighted by molar-refractivity contribution is 5.95. The number of hydrogen-bond acceptors (Lipinski definition) is 9. The van der Waals surface area contributed by atoms with Crippen molar-refractivity contribution in [2.24, 2.45) is 11.7 Å². The molecule has 0 spiro atoms. The Morgan fingerprint density at radius 1 is 0.652 bits per heavy atom. The maximum atomic E-state index is 13.4. The number of benzene rings is 1. The minimum Gasteiger partial charge on any atom is -0.346 e. The van der Waals surface area contributed by atoms with Crippen LogP contribution in [0.2, 0.25) is 0 Å². The molecule has 7 amide bonds. The van der Waals surface area contributed by atoms with Gasteiger partial charge in [0.25, 0.3) is 0 Å². The normalized spacial score (nSPS) is 13.9. The Hall–Kier alpha value is -4.86. The predicted molar refractivity (Wildman–Crippen MR) is 167 cm³/mol. The Morgan fingerprint density at radius 3 is 1.80 bits per heavy atom. The lowest BCUT2D eigenvalue weighted by Gasteiger charge is -2.24. The molecule has 0 bridgehead atoms. The monoisotopic (exact) mass is 646 g/mol. The average molecular weight is 647 g/mol. The van der Waals surface area contributed by atoms with Crippen LogP contribution in [0.5, 0.6) is 0 Å². The zero-order valence-corrected chi connectivity index (χ0v) is 26.8. The molecule has 0 fully saturated rings. The van der Waals surface area contributed by atoms with Crippen molar-refractivity contribution in [2.75, 3.05) is 19.6 Å². The number of rotatable bonds is 19. The number of carbonyl (C=O) groups is 8. The second-order valence-electron chi connectivity index (χ2n) is 11.2. The summed E-state index contributed by atoms with van der Waals surface area (Å²) in [7, 11) is 0. The van der Waals surface area contributed by atoms with Gasteiger partial charge in [0.2, 0.25) is 41.4 Å². The number of aldehydes is 1. The van der Waals surface area contributed by atoms with Crippen LogP contribution in [-0.4, -0.2) is 97.5 Å². The van der Waals surface area contributed by atoms with E-state index in [1.54, 1.807) is 30.3 Å². The SMILES string of the molecule is CC(C)C[C@H](NC(=O)CNC(=O)CNC(=O)[C@H](C)N)C(=O)N[C@@H](Cc1ccccc1)C(=O)NCC(=O)N[C@@H](C)C(=O)N[C@@H](C)C=O. The van der Waals surface area contributed by atoms with Gasteiger partial charge in [0.05, 0.1) is 31.7 Å². The van der Waals surface area contributed by atoms with Gasteiger partial charge in [-0.15, -0.1) is 0 Å². The second kappa shape index (κ2) is 20.2. The summed E-state index contributed by atoms with van der Waals surface area (Å²) in [6.07, 6.45) is 0.811. The molecule has 16 heteroatoms. The summed E-state index contributed by atoms with van der Waals surface area (Å²) in [6.45, 7) is 6.66. The Bertz CT molecular complexity index is 1220. The average Bonchev–Trinajstić information content (AvgIpc) is 3.00. The van der Waals surface area contributed by atoms with Crippen molar-refractivity contribution in [2.45, 2.75) is 77.7 Å². The lowest BCUT2D eigenvalue weighted by atomic mass is 10.0. The molecule has 0 aliphatic carbocycles. The van der Waals surface area contributed by atoms with Crippen LogP contribution in [-0.2, 0) is 44.8 Å². The molecule has 9 N–H and O–H groups in total. The van der Waals surface area contributed by atoms with Crippen LogP contribution in [0.4, 0.5) is 0 Å². The van der Waals surface area contributed by atoms with Gasteiger partial charge in [0.15, 0.2) is 0 Å². The lowest BCUT2D eigenvalue weighted by Crippen LogP contribution is -2.56. The van der Waals surface area contributed by atoms with Gasteiger partial charge < -0.3 is 47.7 Å². The van der Waals surface area contributed by atoms with E-state index >= 15 is 0 Å². The third kappa shape index (κ3) is 15.7. The van der Waals surface area contributed by atoms with E-state index in [2.05, 4.69) is 37.2 Å². The van der Waals surface area contributed by atoms with Crippen LogP contribution in [0, 0.1) is 5.92 Å². The fourth-order valence-corrected chi connectivity index (χ4v) is 3.88. The van der Waals surface area contributed by atoms with Gasteiger partial charge in [-0.05, 0) is 38.7 Å². The van der Waals surface area contributed by atoms with E-state index in [9.17, 15) is 38.4 Å². The third-order valence-electron chi connectivity index (χ3n) is 6.33. The van der Waals surface area contributed by atoms with E-state index in [1.807, 2.05) is 13.8 Å². The highest BCUT2D eigenvalue weighted by Crippen LogP contribution is 2.08. The minimum atomic E-state index is -1.14. The van der Waals surface area contributed by atoms with Crippen LogP contribution in [0.25, 0.3) is 0 Å². The van der Waals surface area contributed by atoms with E-state index < -0.39 is 84.6 Å². The van der Waals surface area contributed by atoms with Crippen molar-refractivity contribution in [3.05, 3.63) is 35.9 Å². The summed E-state index contributed by atoms with van der Waals surface area (Å²) >= 11 is 0. The Morgan fingerprint density at radius 2 is 1.22 bits per heavy atom. The maximum Gasteiger partial charge on any atom is 0.243 e. The summed E-state index contributed by atoms with van der Waals surface area (Å²) < 4.78 is 0. The fourth-order valence-electron chi connectivity index (χ4n) is 3.88. The van der Waals surface area contributed by atoms with Crippen LogP contribution < -0.4 is 43.0 Å². The number of nitrogens with one attached hydrogen (secondary N) is 7. The number of hydrogen-bond donors (Lipinski definition) is 8. The first-order valence-electron chi connectivity index (χ1n) is 14.9. The summed E-state index contributed by atoms with van der Waals surface area (Å²) in [5, 5.41) is 17.2. The molecule has 0 aliphatic heterocycles. The summed E-state index contributed by atoms with van der Waals surface area (Å²) in [5.41, 5.74) is 6.14. The van der Waals surface area contributed by atoms with Crippen LogP contribution in [0.15, 0.2) is 30.3 Å². The molecule has 46 heavy (non-hydrogen) atoms. The molecular formula is C30H46N8O8. The van der Waals surface area contributed by atoms with Gasteiger partial charge in [-0.2, -0.15) is 0 Å². The first-order valence-corrected chi connectivity index (χ1v) is 14.9. The Kier molecular flexibility index (Phi) is 17.2. The highest BCUT2D eigenvalue weighted by atomic mass is 16.2. The second-order valence-corrected chi connectivity index (χ2v) is 11.2. The quantitative estimate of drug-likeness (QED) is 0.0720. The van der Waals surface area contributed by atoms with Gasteiger partial charge >= 0.3 is 0 Å². The predicted octanol–water partition coefficient (Wildman–Crippen LogP) is -2.85. The molecule has 0 saturated heterocycles. The van der Waals surface area contributed by atoms with Crippen molar-refractivity contribution in [3.8, 4) is 0 Å². The number of nitrogens with two attached hydrogens (primary N) is 1. The molecule has 1 aromatic carbocycles. The van der Waals surface area contributed by atoms with E-state index in [1.165, 1.54) is 20.8 Å². The molecule has 0 radical (unpaired) electrons. The van der Waals surface area contributed by atoms with Crippen molar-refractivity contribution < 1.29 is 38.4 Å². The van der Waals surface area contributed by atoms with Crippen LogP contribution >= 0.6 is 0 Å². The van der Waals surface area contributed by atoms with Gasteiger partial charge in [0, 0.05) is 6.42 Å². The van der Waals surface area contributed by atoms with Gasteiger partial charge in [-0.3, -0.25) is 33.6 Å².